The van der Waals surface area contributed by atoms with Crippen molar-refractivity contribution in [3.8, 4) is 5.75 Å². The number of rotatable bonds is 7. The van der Waals surface area contributed by atoms with Gasteiger partial charge in [0.25, 0.3) is 11.8 Å². The van der Waals surface area contributed by atoms with Crippen molar-refractivity contribution in [3.05, 3.63) is 65.0 Å². The second-order valence-electron chi connectivity index (χ2n) is 7.25. The molecular weight excluding hydrogens is 377 g/mol. The van der Waals surface area contributed by atoms with Crippen molar-refractivity contribution in [1.29, 1.82) is 0 Å². The second kappa shape index (κ2) is 8.43. The van der Waals surface area contributed by atoms with Crippen LogP contribution in [0.15, 0.2) is 42.5 Å². The fraction of sp³-hybridized carbons (Fsp3) is 0.318. The Labute approximate surface area is 168 Å². The lowest BCUT2D eigenvalue weighted by Gasteiger charge is -2.26. The number of benzene rings is 2. The van der Waals surface area contributed by atoms with Crippen LogP contribution < -0.4 is 4.74 Å². The molecule has 2 aromatic rings. The maximum atomic E-state index is 13.8. The maximum absolute atomic E-state index is 13.8. The van der Waals surface area contributed by atoms with Gasteiger partial charge in [0.05, 0.1) is 18.2 Å². The summed E-state index contributed by atoms with van der Waals surface area (Å²) in [4.78, 5) is 39.3. The van der Waals surface area contributed by atoms with Crippen LogP contribution in [-0.2, 0) is 16.1 Å². The van der Waals surface area contributed by atoms with Crippen molar-refractivity contribution in [2.75, 3.05) is 7.11 Å². The van der Waals surface area contributed by atoms with Crippen LogP contribution in [0.25, 0.3) is 0 Å². The van der Waals surface area contributed by atoms with Gasteiger partial charge in [0.2, 0.25) is 0 Å². The normalized spacial score (nSPS) is 14.2. The van der Waals surface area contributed by atoms with Crippen molar-refractivity contribution in [2.24, 2.45) is 5.92 Å². The van der Waals surface area contributed by atoms with Gasteiger partial charge >= 0.3 is 5.97 Å². The van der Waals surface area contributed by atoms with Crippen LogP contribution in [0.2, 0.25) is 0 Å². The van der Waals surface area contributed by atoms with Gasteiger partial charge in [-0.3, -0.25) is 14.5 Å². The highest BCUT2D eigenvalue weighted by molar-refractivity contribution is 6.22. The fourth-order valence-electron chi connectivity index (χ4n) is 3.29. The zero-order valence-electron chi connectivity index (χ0n) is 16.5. The zero-order chi connectivity index (χ0) is 21.1. The SMILES string of the molecule is COc1ccc(COC(=O)[C@H](CC(C)C)N2C(=O)c3ccccc3C2=O)cc1F. The Morgan fingerprint density at radius 3 is 2.21 bits per heavy atom. The van der Waals surface area contributed by atoms with Crippen molar-refractivity contribution in [1.82, 2.24) is 4.90 Å². The molecule has 0 spiro atoms. The highest BCUT2D eigenvalue weighted by Crippen LogP contribution is 2.28. The summed E-state index contributed by atoms with van der Waals surface area (Å²) in [5, 5.41) is 0. The number of esters is 1. The molecule has 0 fully saturated rings. The Balaban J connectivity index is 1.79. The van der Waals surface area contributed by atoms with Crippen molar-refractivity contribution in [2.45, 2.75) is 32.9 Å². The van der Waals surface area contributed by atoms with E-state index in [1.165, 1.54) is 19.2 Å². The average Bonchev–Trinajstić information content (AvgIpc) is 2.95. The van der Waals surface area contributed by atoms with Gasteiger partial charge in [0.15, 0.2) is 11.6 Å². The molecule has 1 aliphatic rings. The number of nitrogens with zero attached hydrogens (tertiary/aromatic N) is 1. The summed E-state index contributed by atoms with van der Waals surface area (Å²) in [5.74, 6) is -2.17. The Bertz CT molecular complexity index is 921. The fourth-order valence-corrected chi connectivity index (χ4v) is 3.29. The third-order valence-corrected chi connectivity index (χ3v) is 4.70. The Hall–Kier alpha value is -3.22. The van der Waals surface area contributed by atoms with E-state index >= 15 is 0 Å². The van der Waals surface area contributed by atoms with Gasteiger partial charge in [0, 0.05) is 0 Å². The van der Waals surface area contributed by atoms with Crippen molar-refractivity contribution in [3.63, 3.8) is 0 Å². The summed E-state index contributed by atoms with van der Waals surface area (Å²) in [5.41, 5.74) is 0.981. The number of hydrogen-bond donors (Lipinski definition) is 0. The first-order valence-electron chi connectivity index (χ1n) is 9.29. The molecule has 1 aliphatic heterocycles. The topological polar surface area (TPSA) is 72.9 Å². The first-order chi connectivity index (χ1) is 13.8. The molecule has 0 saturated heterocycles. The summed E-state index contributed by atoms with van der Waals surface area (Å²) >= 11 is 0. The summed E-state index contributed by atoms with van der Waals surface area (Å²) in [6, 6.07) is 9.64. The molecule has 1 atom stereocenters. The summed E-state index contributed by atoms with van der Waals surface area (Å²) in [6.45, 7) is 3.59. The molecule has 3 rings (SSSR count). The van der Waals surface area contributed by atoms with Crippen LogP contribution in [0.3, 0.4) is 0 Å². The molecule has 6 nitrogen and oxygen atoms in total. The smallest absolute Gasteiger partial charge is 0.329 e. The van der Waals surface area contributed by atoms with E-state index in [-0.39, 0.29) is 35.8 Å². The monoisotopic (exact) mass is 399 g/mol. The average molecular weight is 399 g/mol. The Morgan fingerprint density at radius 1 is 1.07 bits per heavy atom. The van der Waals surface area contributed by atoms with E-state index in [0.717, 1.165) is 4.90 Å². The summed E-state index contributed by atoms with van der Waals surface area (Å²) in [6.07, 6.45) is 0.265. The van der Waals surface area contributed by atoms with E-state index in [2.05, 4.69) is 0 Å². The number of methoxy groups -OCH3 is 1. The maximum Gasteiger partial charge on any atom is 0.329 e. The van der Waals surface area contributed by atoms with E-state index in [0.29, 0.717) is 5.56 Å². The molecule has 0 aliphatic carbocycles. The van der Waals surface area contributed by atoms with Crippen LogP contribution in [0, 0.1) is 11.7 Å². The molecule has 29 heavy (non-hydrogen) atoms. The van der Waals surface area contributed by atoms with Gasteiger partial charge in [0.1, 0.15) is 12.6 Å². The molecule has 0 aromatic heterocycles. The zero-order valence-corrected chi connectivity index (χ0v) is 16.5. The number of amides is 2. The van der Waals surface area contributed by atoms with Crippen LogP contribution in [-0.4, -0.2) is 35.8 Å². The highest BCUT2D eigenvalue weighted by Gasteiger charge is 2.43. The molecule has 0 N–H and O–H groups in total. The van der Waals surface area contributed by atoms with Gasteiger partial charge in [-0.05, 0) is 42.2 Å². The number of fused-ring (bicyclic) bond motifs is 1. The molecule has 2 amide bonds. The lowest BCUT2D eigenvalue weighted by molar-refractivity contribution is -0.150. The molecular formula is C22H22FNO5. The van der Waals surface area contributed by atoms with Crippen molar-refractivity contribution < 1.29 is 28.2 Å². The molecule has 152 valence electrons. The van der Waals surface area contributed by atoms with E-state index in [1.54, 1.807) is 30.3 Å². The van der Waals surface area contributed by atoms with Gasteiger partial charge in [-0.2, -0.15) is 0 Å². The van der Waals surface area contributed by atoms with Crippen LogP contribution in [0.5, 0.6) is 5.75 Å². The molecule has 0 radical (unpaired) electrons. The van der Waals surface area contributed by atoms with E-state index in [4.69, 9.17) is 9.47 Å². The molecule has 1 heterocycles. The number of carbonyl (C=O) groups excluding carboxylic acids is 3. The molecule has 0 saturated carbocycles. The first-order valence-corrected chi connectivity index (χ1v) is 9.29. The Kier molecular flexibility index (Phi) is 5.96. The van der Waals surface area contributed by atoms with Crippen LogP contribution in [0.1, 0.15) is 46.5 Å². The number of imide groups is 1. The predicted molar refractivity (Wildman–Crippen MR) is 103 cm³/mol. The minimum Gasteiger partial charge on any atom is -0.494 e. The largest absolute Gasteiger partial charge is 0.494 e. The third-order valence-electron chi connectivity index (χ3n) is 4.70. The molecule has 0 bridgehead atoms. The molecule has 2 aromatic carbocycles. The van der Waals surface area contributed by atoms with E-state index < -0.39 is 29.6 Å². The van der Waals surface area contributed by atoms with E-state index in [1.807, 2.05) is 13.8 Å². The highest BCUT2D eigenvalue weighted by atomic mass is 19.1. The standard InChI is InChI=1S/C22H22FNO5/c1-13(2)10-18(24-20(25)15-6-4-5-7-16(15)21(24)26)22(27)29-12-14-8-9-19(28-3)17(23)11-14/h4-9,11,13,18H,10,12H2,1-3H3/t18-/m0/s1. The lowest BCUT2D eigenvalue weighted by Crippen LogP contribution is -2.46. The molecule has 7 heteroatoms. The number of ether oxygens (including phenoxy) is 2. The van der Waals surface area contributed by atoms with Gasteiger partial charge in [-0.15, -0.1) is 0 Å². The minimum atomic E-state index is -1.05. The third kappa shape index (κ3) is 4.13. The number of carbonyl (C=O) groups is 3. The van der Waals surface area contributed by atoms with Crippen LogP contribution >= 0.6 is 0 Å². The van der Waals surface area contributed by atoms with Crippen LogP contribution in [0.4, 0.5) is 4.39 Å². The summed E-state index contributed by atoms with van der Waals surface area (Å²) < 4.78 is 24.0. The van der Waals surface area contributed by atoms with Gasteiger partial charge in [-0.25, -0.2) is 9.18 Å². The predicted octanol–water partition coefficient (Wildman–Crippen LogP) is 3.59. The molecule has 0 unspecified atom stereocenters. The summed E-state index contributed by atoms with van der Waals surface area (Å²) in [7, 11) is 1.36. The Morgan fingerprint density at radius 2 is 1.69 bits per heavy atom. The first kappa shape index (κ1) is 20.5. The second-order valence-corrected chi connectivity index (χ2v) is 7.25. The number of halogens is 1. The van der Waals surface area contributed by atoms with Crippen molar-refractivity contribution >= 4 is 17.8 Å². The van der Waals surface area contributed by atoms with E-state index in [9.17, 15) is 18.8 Å². The lowest BCUT2D eigenvalue weighted by atomic mass is 10.0. The quantitative estimate of drug-likeness (QED) is 0.526. The minimum absolute atomic E-state index is 0.0373. The number of hydrogen-bond acceptors (Lipinski definition) is 5. The van der Waals surface area contributed by atoms with Gasteiger partial charge < -0.3 is 9.47 Å². The van der Waals surface area contributed by atoms with Gasteiger partial charge in [-0.1, -0.05) is 32.0 Å².